The molecule has 1 atom stereocenters. The molecule has 1 aliphatic heterocycles. The minimum absolute atomic E-state index is 0.0472. The summed E-state index contributed by atoms with van der Waals surface area (Å²) >= 11 is 0. The van der Waals surface area contributed by atoms with Crippen LogP contribution in [-0.2, 0) is 21.2 Å². The van der Waals surface area contributed by atoms with E-state index in [4.69, 9.17) is 0 Å². The van der Waals surface area contributed by atoms with Crippen molar-refractivity contribution in [2.75, 3.05) is 25.1 Å². The standard InChI is InChI=1S/C17H21N3O4S/c1-25(23,24)12-13-5-4-8-19(10-13)16(21)11-20-17(22)15-7-3-2-6-14(15)9-18-20/h2-3,6-7,9,13H,4-5,8,10-12H2,1H3/t13-/m1/s1. The lowest BCUT2D eigenvalue weighted by Crippen LogP contribution is -2.44. The maximum absolute atomic E-state index is 12.5. The van der Waals surface area contributed by atoms with Gasteiger partial charge in [-0.05, 0) is 24.8 Å². The monoisotopic (exact) mass is 363 g/mol. The third-order valence-corrected chi connectivity index (χ3v) is 5.53. The number of carbonyl (C=O) groups is 1. The van der Waals surface area contributed by atoms with E-state index in [0.29, 0.717) is 18.5 Å². The highest BCUT2D eigenvalue weighted by molar-refractivity contribution is 7.90. The number of carbonyl (C=O) groups excluding carboxylic acids is 1. The van der Waals surface area contributed by atoms with Gasteiger partial charge in [-0.25, -0.2) is 13.1 Å². The molecule has 1 amide bonds. The second-order valence-corrected chi connectivity index (χ2v) is 8.82. The smallest absolute Gasteiger partial charge is 0.275 e. The molecular weight excluding hydrogens is 342 g/mol. The van der Waals surface area contributed by atoms with Gasteiger partial charge >= 0.3 is 0 Å². The third kappa shape index (κ3) is 4.25. The van der Waals surface area contributed by atoms with Crippen LogP contribution < -0.4 is 5.56 Å². The van der Waals surface area contributed by atoms with Crippen molar-refractivity contribution in [2.45, 2.75) is 19.4 Å². The fraction of sp³-hybridized carbons (Fsp3) is 0.471. The Kier molecular flexibility index (Phi) is 4.89. The van der Waals surface area contributed by atoms with Gasteiger partial charge in [-0.15, -0.1) is 0 Å². The molecule has 0 N–H and O–H groups in total. The minimum Gasteiger partial charge on any atom is -0.341 e. The van der Waals surface area contributed by atoms with Gasteiger partial charge in [0.2, 0.25) is 5.91 Å². The Labute approximate surface area is 146 Å². The quantitative estimate of drug-likeness (QED) is 0.797. The Hall–Kier alpha value is -2.22. The highest BCUT2D eigenvalue weighted by Crippen LogP contribution is 2.18. The van der Waals surface area contributed by atoms with E-state index in [0.717, 1.165) is 18.2 Å². The molecule has 0 spiro atoms. The highest BCUT2D eigenvalue weighted by atomic mass is 32.2. The molecule has 1 aromatic carbocycles. The van der Waals surface area contributed by atoms with Crippen LogP contribution in [0.1, 0.15) is 12.8 Å². The number of benzene rings is 1. The maximum Gasteiger partial charge on any atom is 0.275 e. The van der Waals surface area contributed by atoms with E-state index >= 15 is 0 Å². The Balaban J connectivity index is 1.74. The molecule has 0 aliphatic carbocycles. The molecule has 2 heterocycles. The molecule has 134 valence electrons. The van der Waals surface area contributed by atoms with E-state index in [1.54, 1.807) is 29.3 Å². The molecule has 25 heavy (non-hydrogen) atoms. The predicted molar refractivity (Wildman–Crippen MR) is 95.0 cm³/mol. The number of hydrogen-bond acceptors (Lipinski definition) is 5. The van der Waals surface area contributed by atoms with Crippen LogP contribution in [0.4, 0.5) is 0 Å². The van der Waals surface area contributed by atoms with E-state index < -0.39 is 9.84 Å². The number of piperidine rings is 1. The fourth-order valence-corrected chi connectivity index (χ4v) is 4.45. The molecule has 1 fully saturated rings. The summed E-state index contributed by atoms with van der Waals surface area (Å²) in [5.74, 6) is -0.164. The van der Waals surface area contributed by atoms with Crippen LogP contribution in [0, 0.1) is 5.92 Å². The number of fused-ring (bicyclic) bond motifs is 1. The molecule has 7 nitrogen and oxygen atoms in total. The van der Waals surface area contributed by atoms with E-state index in [2.05, 4.69) is 5.10 Å². The summed E-state index contributed by atoms with van der Waals surface area (Å²) in [7, 11) is -3.07. The molecule has 0 unspecified atom stereocenters. The zero-order valence-corrected chi connectivity index (χ0v) is 14.9. The van der Waals surface area contributed by atoms with Crippen LogP contribution in [0.15, 0.2) is 35.3 Å². The summed E-state index contributed by atoms with van der Waals surface area (Å²) in [6, 6.07) is 7.12. The molecule has 1 aliphatic rings. The Morgan fingerprint density at radius 3 is 2.84 bits per heavy atom. The van der Waals surface area contributed by atoms with Gasteiger partial charge < -0.3 is 4.90 Å². The average Bonchev–Trinajstić information content (AvgIpc) is 2.56. The Morgan fingerprint density at radius 1 is 1.32 bits per heavy atom. The van der Waals surface area contributed by atoms with Crippen molar-refractivity contribution in [1.82, 2.24) is 14.7 Å². The van der Waals surface area contributed by atoms with Crippen molar-refractivity contribution in [1.29, 1.82) is 0 Å². The predicted octanol–water partition coefficient (Wildman–Crippen LogP) is 0.680. The van der Waals surface area contributed by atoms with E-state index in [9.17, 15) is 18.0 Å². The lowest BCUT2D eigenvalue weighted by Gasteiger charge is -2.32. The number of sulfone groups is 1. The van der Waals surface area contributed by atoms with Crippen molar-refractivity contribution in [3.63, 3.8) is 0 Å². The van der Waals surface area contributed by atoms with Crippen LogP contribution in [-0.4, -0.2) is 54.1 Å². The zero-order chi connectivity index (χ0) is 18.0. The molecular formula is C17H21N3O4S. The second kappa shape index (κ2) is 6.95. The van der Waals surface area contributed by atoms with Gasteiger partial charge in [0.25, 0.3) is 5.56 Å². The molecule has 3 rings (SSSR count). The molecule has 0 saturated carbocycles. The van der Waals surface area contributed by atoms with Crippen molar-refractivity contribution >= 4 is 26.5 Å². The van der Waals surface area contributed by atoms with E-state index in [1.165, 1.54) is 10.9 Å². The van der Waals surface area contributed by atoms with Gasteiger partial charge in [-0.2, -0.15) is 5.10 Å². The number of nitrogens with zero attached hydrogens (tertiary/aromatic N) is 3. The number of rotatable bonds is 4. The molecule has 8 heteroatoms. The zero-order valence-electron chi connectivity index (χ0n) is 14.1. The van der Waals surface area contributed by atoms with Crippen LogP contribution in [0.3, 0.4) is 0 Å². The van der Waals surface area contributed by atoms with Gasteiger partial charge in [0.05, 0.1) is 17.3 Å². The summed E-state index contributed by atoms with van der Waals surface area (Å²) in [5.41, 5.74) is -0.295. The second-order valence-electron chi connectivity index (χ2n) is 6.64. The van der Waals surface area contributed by atoms with Crippen molar-refractivity contribution in [2.24, 2.45) is 5.92 Å². The minimum atomic E-state index is -3.07. The van der Waals surface area contributed by atoms with Crippen LogP contribution >= 0.6 is 0 Å². The van der Waals surface area contributed by atoms with Gasteiger partial charge in [-0.1, -0.05) is 18.2 Å². The first kappa shape index (κ1) is 17.6. The summed E-state index contributed by atoms with van der Waals surface area (Å²) in [6.45, 7) is 0.866. The van der Waals surface area contributed by atoms with E-state index in [-0.39, 0.29) is 29.7 Å². The SMILES string of the molecule is CS(=O)(=O)C[C@@H]1CCCN(C(=O)Cn2ncc3ccccc3c2=O)C1. The third-order valence-electron chi connectivity index (χ3n) is 4.46. The first-order valence-corrected chi connectivity index (χ1v) is 10.3. The number of hydrogen-bond donors (Lipinski definition) is 0. The van der Waals surface area contributed by atoms with Gasteiger partial charge in [0.15, 0.2) is 0 Å². The van der Waals surface area contributed by atoms with Crippen LogP contribution in [0.25, 0.3) is 10.8 Å². The van der Waals surface area contributed by atoms with Crippen LogP contribution in [0.5, 0.6) is 0 Å². The fourth-order valence-electron chi connectivity index (χ4n) is 3.32. The number of aromatic nitrogens is 2. The molecule has 0 bridgehead atoms. The van der Waals surface area contributed by atoms with Gasteiger partial charge in [-0.3, -0.25) is 9.59 Å². The number of likely N-dealkylation sites (tertiary alicyclic amines) is 1. The summed E-state index contributed by atoms with van der Waals surface area (Å²) in [6.07, 6.45) is 4.36. The summed E-state index contributed by atoms with van der Waals surface area (Å²) in [4.78, 5) is 26.6. The first-order valence-electron chi connectivity index (χ1n) is 8.24. The molecule has 1 saturated heterocycles. The normalized spacial score (nSPS) is 18.4. The average molecular weight is 363 g/mol. The molecule has 1 aromatic heterocycles. The van der Waals surface area contributed by atoms with Crippen molar-refractivity contribution in [3.05, 3.63) is 40.8 Å². The summed E-state index contributed by atoms with van der Waals surface area (Å²) in [5, 5.41) is 5.35. The van der Waals surface area contributed by atoms with Crippen molar-refractivity contribution < 1.29 is 13.2 Å². The Bertz CT molecular complexity index is 952. The van der Waals surface area contributed by atoms with Gasteiger partial charge in [0.1, 0.15) is 16.4 Å². The van der Waals surface area contributed by atoms with E-state index in [1.807, 2.05) is 6.07 Å². The largest absolute Gasteiger partial charge is 0.341 e. The maximum atomic E-state index is 12.5. The molecule has 2 aromatic rings. The van der Waals surface area contributed by atoms with Crippen LogP contribution in [0.2, 0.25) is 0 Å². The number of amides is 1. The Morgan fingerprint density at radius 2 is 2.08 bits per heavy atom. The lowest BCUT2D eigenvalue weighted by atomic mass is 10.00. The molecule has 0 radical (unpaired) electrons. The highest BCUT2D eigenvalue weighted by Gasteiger charge is 2.26. The van der Waals surface area contributed by atoms with Crippen molar-refractivity contribution in [3.8, 4) is 0 Å². The topological polar surface area (TPSA) is 89.3 Å². The first-order chi connectivity index (χ1) is 11.8. The van der Waals surface area contributed by atoms with Gasteiger partial charge in [0, 0.05) is 24.7 Å². The lowest BCUT2D eigenvalue weighted by molar-refractivity contribution is -0.133. The summed E-state index contributed by atoms with van der Waals surface area (Å²) < 4.78 is 24.1.